The van der Waals surface area contributed by atoms with E-state index in [1.54, 1.807) is 0 Å². The van der Waals surface area contributed by atoms with Crippen molar-refractivity contribution in [1.82, 2.24) is 10.3 Å². The third-order valence-corrected chi connectivity index (χ3v) is 2.85. The second-order valence-electron chi connectivity index (χ2n) is 3.99. The van der Waals surface area contributed by atoms with Gasteiger partial charge in [-0.15, -0.1) is 0 Å². The maximum Gasteiger partial charge on any atom is 0.0621 e. The first-order valence-electron chi connectivity index (χ1n) is 5.81. The highest BCUT2D eigenvalue weighted by molar-refractivity contribution is 5.92. The van der Waals surface area contributed by atoms with Crippen LogP contribution in [0.1, 0.15) is 6.92 Å². The van der Waals surface area contributed by atoms with Gasteiger partial charge in [0.1, 0.15) is 0 Å². The average Bonchev–Trinajstić information content (AvgIpc) is 2.73. The van der Waals surface area contributed by atoms with E-state index < -0.39 is 0 Å². The molecular weight excluding hydrogens is 198 g/mol. The van der Waals surface area contributed by atoms with Gasteiger partial charge in [-0.05, 0) is 12.6 Å². The number of benzene rings is 1. The summed E-state index contributed by atoms with van der Waals surface area (Å²) in [6.07, 6.45) is 2.08. The highest BCUT2D eigenvalue weighted by Crippen LogP contribution is 2.24. The van der Waals surface area contributed by atoms with E-state index in [0.29, 0.717) is 0 Å². The molecule has 0 aliphatic carbocycles. The fourth-order valence-corrected chi connectivity index (χ4v) is 1.92. The number of hydrogen-bond acceptors (Lipinski definition) is 2. The van der Waals surface area contributed by atoms with Crippen LogP contribution in [0, 0.1) is 0 Å². The number of rotatable bonds is 5. The Morgan fingerprint density at radius 1 is 1.31 bits per heavy atom. The van der Waals surface area contributed by atoms with Crippen LogP contribution in [0.15, 0.2) is 30.5 Å². The molecule has 0 bridgehead atoms. The Kier molecular flexibility index (Phi) is 3.47. The Bertz CT molecular complexity index is 447. The van der Waals surface area contributed by atoms with Crippen LogP contribution in [0.4, 0.5) is 5.69 Å². The number of likely N-dealkylation sites (N-methyl/N-ethyl adjacent to an activating group) is 2. The molecular formula is C13H19N3. The SMILES string of the molecule is CCNCCN(C)c1c[nH]c2ccccc12. The number of anilines is 1. The smallest absolute Gasteiger partial charge is 0.0621 e. The number of H-pyrrole nitrogens is 1. The molecule has 0 amide bonds. The van der Waals surface area contributed by atoms with Gasteiger partial charge in [0, 0.05) is 37.2 Å². The Labute approximate surface area is 96.5 Å². The summed E-state index contributed by atoms with van der Waals surface area (Å²) in [6.45, 7) is 5.20. The van der Waals surface area contributed by atoms with E-state index in [4.69, 9.17) is 0 Å². The van der Waals surface area contributed by atoms with E-state index in [0.717, 1.165) is 19.6 Å². The van der Waals surface area contributed by atoms with Crippen molar-refractivity contribution in [3.05, 3.63) is 30.5 Å². The molecule has 2 aromatic rings. The summed E-state index contributed by atoms with van der Waals surface area (Å²) in [5, 5.41) is 4.63. The number of nitrogens with one attached hydrogen (secondary N) is 2. The third kappa shape index (κ3) is 2.19. The predicted molar refractivity (Wildman–Crippen MR) is 70.1 cm³/mol. The fourth-order valence-electron chi connectivity index (χ4n) is 1.92. The van der Waals surface area contributed by atoms with E-state index >= 15 is 0 Å². The van der Waals surface area contributed by atoms with Gasteiger partial charge in [0.25, 0.3) is 0 Å². The van der Waals surface area contributed by atoms with Crippen LogP contribution in [0.3, 0.4) is 0 Å². The van der Waals surface area contributed by atoms with Gasteiger partial charge in [0.15, 0.2) is 0 Å². The number of aromatic amines is 1. The van der Waals surface area contributed by atoms with Gasteiger partial charge in [0.05, 0.1) is 5.69 Å². The van der Waals surface area contributed by atoms with Gasteiger partial charge < -0.3 is 15.2 Å². The Balaban J connectivity index is 2.13. The molecule has 0 saturated carbocycles. The van der Waals surface area contributed by atoms with E-state index in [2.05, 4.69) is 59.6 Å². The van der Waals surface area contributed by atoms with Crippen molar-refractivity contribution < 1.29 is 0 Å². The van der Waals surface area contributed by atoms with Gasteiger partial charge in [-0.3, -0.25) is 0 Å². The quantitative estimate of drug-likeness (QED) is 0.752. The lowest BCUT2D eigenvalue weighted by atomic mass is 10.2. The Hall–Kier alpha value is -1.48. The maximum absolute atomic E-state index is 3.34. The van der Waals surface area contributed by atoms with Gasteiger partial charge in [0.2, 0.25) is 0 Å². The predicted octanol–water partition coefficient (Wildman–Crippen LogP) is 2.21. The van der Waals surface area contributed by atoms with Gasteiger partial charge >= 0.3 is 0 Å². The van der Waals surface area contributed by atoms with E-state index in [9.17, 15) is 0 Å². The molecule has 86 valence electrons. The van der Waals surface area contributed by atoms with Crippen LogP contribution in [-0.4, -0.2) is 31.7 Å². The van der Waals surface area contributed by atoms with Gasteiger partial charge in [-0.25, -0.2) is 0 Å². The second kappa shape index (κ2) is 5.03. The van der Waals surface area contributed by atoms with Crippen molar-refractivity contribution in [3.63, 3.8) is 0 Å². The van der Waals surface area contributed by atoms with Crippen molar-refractivity contribution in [3.8, 4) is 0 Å². The molecule has 2 N–H and O–H groups in total. The normalized spacial score (nSPS) is 10.9. The summed E-state index contributed by atoms with van der Waals surface area (Å²) in [5.41, 5.74) is 2.47. The fraction of sp³-hybridized carbons (Fsp3) is 0.385. The van der Waals surface area contributed by atoms with Crippen LogP contribution in [-0.2, 0) is 0 Å². The molecule has 0 saturated heterocycles. The molecule has 1 aromatic carbocycles. The minimum atomic E-state index is 1.02. The standard InChI is InChI=1S/C13H19N3/c1-3-14-8-9-16(2)13-10-15-12-7-5-4-6-11(12)13/h4-7,10,14-15H,3,8-9H2,1-2H3. The van der Waals surface area contributed by atoms with Gasteiger partial charge in [-0.1, -0.05) is 25.1 Å². The molecule has 3 nitrogen and oxygen atoms in total. The largest absolute Gasteiger partial charge is 0.372 e. The van der Waals surface area contributed by atoms with Crippen molar-refractivity contribution in [1.29, 1.82) is 0 Å². The summed E-state index contributed by atoms with van der Waals surface area (Å²) in [7, 11) is 2.13. The minimum absolute atomic E-state index is 1.02. The second-order valence-corrected chi connectivity index (χ2v) is 3.99. The van der Waals surface area contributed by atoms with Crippen LogP contribution >= 0.6 is 0 Å². The molecule has 2 rings (SSSR count). The molecule has 0 unspecified atom stereocenters. The molecule has 3 heteroatoms. The Morgan fingerprint density at radius 3 is 2.94 bits per heavy atom. The van der Waals surface area contributed by atoms with Crippen molar-refractivity contribution >= 4 is 16.6 Å². The van der Waals surface area contributed by atoms with E-state index in [-0.39, 0.29) is 0 Å². The zero-order valence-electron chi connectivity index (χ0n) is 9.96. The molecule has 0 fully saturated rings. The van der Waals surface area contributed by atoms with Gasteiger partial charge in [-0.2, -0.15) is 0 Å². The lowest BCUT2D eigenvalue weighted by Crippen LogP contribution is -2.28. The zero-order valence-corrected chi connectivity index (χ0v) is 9.96. The summed E-state index contributed by atoms with van der Waals surface area (Å²) >= 11 is 0. The molecule has 0 spiro atoms. The lowest BCUT2D eigenvalue weighted by molar-refractivity contribution is 0.707. The van der Waals surface area contributed by atoms with Crippen molar-refractivity contribution in [2.24, 2.45) is 0 Å². The van der Waals surface area contributed by atoms with Crippen LogP contribution in [0.2, 0.25) is 0 Å². The average molecular weight is 217 g/mol. The number of para-hydroxylation sites is 1. The molecule has 1 aromatic heterocycles. The van der Waals surface area contributed by atoms with Crippen LogP contribution in [0.5, 0.6) is 0 Å². The highest BCUT2D eigenvalue weighted by atomic mass is 15.1. The van der Waals surface area contributed by atoms with E-state index in [1.165, 1.54) is 16.6 Å². The molecule has 1 heterocycles. The Morgan fingerprint density at radius 2 is 2.12 bits per heavy atom. The lowest BCUT2D eigenvalue weighted by Gasteiger charge is -2.18. The number of aromatic nitrogens is 1. The highest BCUT2D eigenvalue weighted by Gasteiger charge is 2.06. The first-order chi connectivity index (χ1) is 7.83. The molecule has 0 aliphatic rings. The summed E-state index contributed by atoms with van der Waals surface area (Å²) in [5.74, 6) is 0. The monoisotopic (exact) mass is 217 g/mol. The molecule has 0 radical (unpaired) electrons. The topological polar surface area (TPSA) is 31.1 Å². The zero-order chi connectivity index (χ0) is 11.4. The third-order valence-electron chi connectivity index (χ3n) is 2.85. The molecule has 0 aliphatic heterocycles. The first-order valence-corrected chi connectivity index (χ1v) is 5.81. The number of nitrogens with zero attached hydrogens (tertiary/aromatic N) is 1. The first kappa shape index (κ1) is 11.0. The van der Waals surface area contributed by atoms with E-state index in [1.807, 2.05) is 0 Å². The summed E-state index contributed by atoms with van der Waals surface area (Å²) < 4.78 is 0. The maximum atomic E-state index is 3.34. The molecule has 0 atom stereocenters. The summed E-state index contributed by atoms with van der Waals surface area (Å²) in [6, 6.07) is 8.40. The van der Waals surface area contributed by atoms with Crippen LogP contribution < -0.4 is 10.2 Å². The summed E-state index contributed by atoms with van der Waals surface area (Å²) in [4.78, 5) is 5.58. The molecule has 16 heavy (non-hydrogen) atoms. The number of fused-ring (bicyclic) bond motifs is 1. The van der Waals surface area contributed by atoms with Crippen molar-refractivity contribution in [2.45, 2.75) is 6.92 Å². The van der Waals surface area contributed by atoms with Crippen LogP contribution in [0.25, 0.3) is 10.9 Å². The van der Waals surface area contributed by atoms with Crippen molar-refractivity contribution in [2.75, 3.05) is 31.6 Å². The number of hydrogen-bond donors (Lipinski definition) is 2. The minimum Gasteiger partial charge on any atom is -0.372 e.